The summed E-state index contributed by atoms with van der Waals surface area (Å²) in [6, 6.07) is 40.5. The van der Waals surface area contributed by atoms with E-state index in [1.54, 1.807) is 85.1 Å². The molecule has 0 saturated carbocycles. The second kappa shape index (κ2) is 51.2. The first-order valence-electron chi connectivity index (χ1n) is 30.8. The molecule has 0 amide bonds. The van der Waals surface area contributed by atoms with Crippen LogP contribution in [0.2, 0.25) is 20.1 Å². The van der Waals surface area contributed by atoms with Crippen molar-refractivity contribution in [1.82, 2.24) is 29.5 Å². The van der Waals surface area contributed by atoms with Gasteiger partial charge in [0, 0.05) is 76.4 Å². The number of halogens is 10. The Bertz CT molecular complexity index is 5060. The Morgan fingerprint density at radius 1 is 0.578 bits per heavy atom. The summed E-state index contributed by atoms with van der Waals surface area (Å²) in [4.78, 5) is 108. The number of hydrogen-bond donors (Lipinski definition) is 6. The number of alkyl halides is 1. The van der Waals surface area contributed by atoms with E-state index in [0.717, 1.165) is 27.8 Å². The van der Waals surface area contributed by atoms with Crippen LogP contribution in [0.3, 0.4) is 0 Å². The number of para-hydroxylation sites is 3. The van der Waals surface area contributed by atoms with Gasteiger partial charge in [0.25, 0.3) is 6.47 Å². The number of carboxylic acids is 2. The number of anilines is 8. The zero-order valence-electron chi connectivity index (χ0n) is 61.5. The van der Waals surface area contributed by atoms with E-state index in [1.807, 2.05) is 153 Å². The number of nitrogen functional groups attached to an aromatic ring is 2. The van der Waals surface area contributed by atoms with Gasteiger partial charge in [-0.15, -0.1) is 0 Å². The van der Waals surface area contributed by atoms with Crippen LogP contribution < -0.4 is 190 Å². The van der Waals surface area contributed by atoms with Gasteiger partial charge in [0.2, 0.25) is 0 Å². The third kappa shape index (κ3) is 31.1. The van der Waals surface area contributed by atoms with Crippen molar-refractivity contribution in [2.75, 3.05) is 110 Å². The summed E-state index contributed by atoms with van der Waals surface area (Å²) in [7, 11) is 15.1. The molecule has 0 unspecified atom stereocenters. The maximum atomic E-state index is 13.0. The third-order valence-corrected chi connectivity index (χ3v) is 18.2. The third-order valence-electron chi connectivity index (χ3n) is 13.7. The molecule has 0 aliphatic rings. The van der Waals surface area contributed by atoms with Crippen LogP contribution in [0.1, 0.15) is 36.0 Å². The number of hydrogen-bond acceptors (Lipinski definition) is 22. The van der Waals surface area contributed by atoms with E-state index < -0.39 is 17.9 Å². The van der Waals surface area contributed by atoms with Gasteiger partial charge in [0.1, 0.15) is 59.0 Å². The number of rotatable bonds is 14. The standard InChI is InChI=1S/C18H17BrClN3O3.C14H13BrClN3O2.C14H11BrClN3O.C8H9ClIN.C6H5BrN2O2.C6H7N.C4H7IO2.CH2O3.2Cs.H/c1-4-26-14(24)9-23-15-10(5-7-12(20)16(15)22(2)3)17(25)11-6-8-13(19)21-18(11)23;1-19(2)12-9(16)4-3-5-10(12)17-13-8(14(20)21)6-7-11(15)18-13;1-19(2)12-9(16)5-3-7-11(12)18-14-8(13(7)20)4-6-10(15)17-14;1-11(2)8-6(9)4-3-5-7(8)10;7-4-2-1-3(6(10)11)5(8)9-4;7-6-4-2-1-3-5-6;1-2-7-4(6)3-5;2-1-4-3;;;/h5-8H,4,9H2,1-3H3;3-7H,1-2H3,(H,17,18)(H,20,21);3-6H,1-2H3,(H,17,18,20);3-5H,1-2H3;1-2H,(H2,8,9)(H,10,11);1-5H,7H2;2-3H2,1H3;1,3H;;;/q;;;;;;;;2*+1;-1/p-1. The fraction of sp³-hybridized carbons (Fsp3) is 0.197. The zero-order valence-corrected chi connectivity index (χ0v) is 86.8. The van der Waals surface area contributed by atoms with Crippen LogP contribution in [0.25, 0.3) is 43.9 Å². The first kappa shape index (κ1) is 101. The van der Waals surface area contributed by atoms with Crippen LogP contribution in [0, 0.1) is 3.57 Å². The fourth-order valence-corrected chi connectivity index (χ4v) is 13.3. The molecule has 0 fully saturated rings. The maximum Gasteiger partial charge on any atom is 1.00 e. The zero-order chi connectivity index (χ0) is 80.1. The van der Waals surface area contributed by atoms with Gasteiger partial charge in [-0.05, 0) is 209 Å². The number of aromatic carboxylic acids is 2. The van der Waals surface area contributed by atoms with Crippen molar-refractivity contribution >= 4 is 275 Å². The number of aromatic nitrogens is 6. The second-order valence-corrected chi connectivity index (χ2v) is 28.8. The number of esters is 2. The van der Waals surface area contributed by atoms with E-state index in [2.05, 4.69) is 126 Å². The molecule has 11 aromatic rings. The quantitative estimate of drug-likeness (QED) is 0.00678. The molecule has 11 rings (SSSR count). The number of carbonyl (C=O) groups excluding carboxylic acids is 3. The van der Waals surface area contributed by atoms with Crippen molar-refractivity contribution in [2.24, 2.45) is 0 Å². The Balaban J connectivity index is 0.000000661. The average Bonchev–Trinajstić information content (AvgIpc) is 0.732. The Hall–Kier alpha value is -3.81. The number of aromatic amines is 1. The fourth-order valence-electron chi connectivity index (χ4n) is 9.38. The predicted octanol–water partition coefficient (Wildman–Crippen LogP) is 10.1. The van der Waals surface area contributed by atoms with Gasteiger partial charge in [0.05, 0.1) is 88.0 Å². The predicted molar refractivity (Wildman–Crippen MR) is 458 cm³/mol. The van der Waals surface area contributed by atoms with Gasteiger partial charge < -0.3 is 77.2 Å². The van der Waals surface area contributed by atoms with E-state index in [0.29, 0.717) is 99.8 Å². The molecule has 0 spiro atoms. The summed E-state index contributed by atoms with van der Waals surface area (Å²) in [5.74, 6) is -2.39. The topological polar surface area (TPSA) is 360 Å². The Morgan fingerprint density at radius 3 is 1.50 bits per heavy atom. The minimum absolute atomic E-state index is 0. The Morgan fingerprint density at radius 2 is 1.03 bits per heavy atom. The molecule has 6 aromatic heterocycles. The summed E-state index contributed by atoms with van der Waals surface area (Å²) in [5.41, 5.74) is 17.5. The molecule has 0 aliphatic heterocycles. The monoisotopic (exact) mass is 2290 g/mol. The van der Waals surface area contributed by atoms with E-state index >= 15 is 0 Å². The van der Waals surface area contributed by atoms with E-state index in [4.69, 9.17) is 77.8 Å². The molecule has 38 heteroatoms. The van der Waals surface area contributed by atoms with Crippen molar-refractivity contribution < 1.29 is 193 Å². The number of H-pyrrole nitrogens is 1. The Labute approximate surface area is 827 Å². The molecule has 109 heavy (non-hydrogen) atoms. The molecular weight excluding hydrogens is 2220 g/mol. The summed E-state index contributed by atoms with van der Waals surface area (Å²) in [5, 5.41) is 33.7. The molecule has 0 saturated heterocycles. The number of nitrogens with zero attached hydrogens (tertiary/aromatic N) is 9. The second-order valence-electron chi connectivity index (χ2n) is 22.0. The molecule has 0 aliphatic carbocycles. The van der Waals surface area contributed by atoms with Crippen LogP contribution in [0.15, 0.2) is 168 Å². The van der Waals surface area contributed by atoms with Crippen molar-refractivity contribution in [3.63, 3.8) is 0 Å². The van der Waals surface area contributed by atoms with Crippen LogP contribution in [-0.2, 0) is 35.3 Å². The number of carboxylic acid groups (broad SMARTS) is 2. The molecule has 26 nitrogen and oxygen atoms in total. The van der Waals surface area contributed by atoms with Crippen LogP contribution >= 0.6 is 155 Å². The minimum Gasteiger partial charge on any atom is -1.00 e. The van der Waals surface area contributed by atoms with E-state index in [1.165, 1.54) is 21.8 Å². The van der Waals surface area contributed by atoms with Crippen LogP contribution in [0.4, 0.5) is 45.8 Å². The van der Waals surface area contributed by atoms with Crippen molar-refractivity contribution in [2.45, 2.75) is 20.4 Å². The molecule has 0 radical (unpaired) electrons. The van der Waals surface area contributed by atoms with Gasteiger partial charge in [-0.1, -0.05) is 99.3 Å². The van der Waals surface area contributed by atoms with Gasteiger partial charge >= 0.3 is 162 Å². The van der Waals surface area contributed by atoms with Crippen molar-refractivity contribution in [3.05, 3.63) is 213 Å². The normalized spacial score (nSPS) is 9.92. The number of fused-ring (bicyclic) bond motifs is 4. The first-order chi connectivity index (χ1) is 50.6. The smallest absolute Gasteiger partial charge is 1.00 e. The molecule has 0 atom stereocenters. The van der Waals surface area contributed by atoms with Gasteiger partial charge in [-0.2, -0.15) is 0 Å². The summed E-state index contributed by atoms with van der Waals surface area (Å²) in [6.07, 6.45) is 0. The molecule has 0 bridgehead atoms. The van der Waals surface area contributed by atoms with Crippen LogP contribution in [-0.4, -0.2) is 144 Å². The number of nitrogens with two attached hydrogens (primary N) is 2. The Kier molecular flexibility index (Phi) is 47.6. The van der Waals surface area contributed by atoms with Crippen molar-refractivity contribution in [1.29, 1.82) is 0 Å². The van der Waals surface area contributed by atoms with Gasteiger partial charge in [0.15, 0.2) is 10.9 Å². The largest absolute Gasteiger partial charge is 1.00 e. The molecule has 5 aromatic carbocycles. The average molecular weight is 2300 g/mol. The molecular formula is C71H71Br4Cl4Cs2I2N13O13. The minimum atomic E-state index is -1.07. The molecule has 8 N–H and O–H groups in total. The molecule has 6 heterocycles. The van der Waals surface area contributed by atoms with E-state index in [-0.39, 0.29) is 198 Å². The number of benzene rings is 5. The summed E-state index contributed by atoms with van der Waals surface area (Å²) in [6.45, 7) is 4.04. The number of ether oxygens (including phenoxy) is 2. The summed E-state index contributed by atoms with van der Waals surface area (Å²) < 4.78 is 15.3. The number of pyridine rings is 6. The van der Waals surface area contributed by atoms with Crippen LogP contribution in [0.5, 0.6) is 0 Å². The number of nitrogens with one attached hydrogen (secondary N) is 2. The molecule has 570 valence electrons. The SMILES string of the molecule is CCOC(=O)CI.CCOC(=O)Cn1c2nc(Br)ccc2c(=O)c2ccc(Cl)c(N(C)C)c21.CN(C)c1c(Cl)ccc2c(=O)c3ccc(Br)nc3[nH]c12.CN(C)c1c(Cl)cccc1I.CN(C)c1c(Cl)cccc1Nc1nc(Br)ccc1C(=O)O.Nc1ccccc1.Nc1nc(Br)ccc1C(=O)O.O=CO[O-].[Cs+].[Cs+].[H-]. The first-order valence-corrected chi connectivity index (χ1v) is 38.1. The van der Waals surface area contributed by atoms with Crippen molar-refractivity contribution in [3.8, 4) is 0 Å². The number of carbonyl (C=O) groups is 5. The van der Waals surface area contributed by atoms with E-state index in [9.17, 15) is 33.9 Å². The maximum absolute atomic E-state index is 13.0. The van der Waals surface area contributed by atoms with Gasteiger partial charge in [-0.3, -0.25) is 24.0 Å². The van der Waals surface area contributed by atoms with Gasteiger partial charge in [-0.25, -0.2) is 29.5 Å². The summed E-state index contributed by atoms with van der Waals surface area (Å²) >= 11 is 42.0.